The van der Waals surface area contributed by atoms with Gasteiger partial charge in [-0.1, -0.05) is 17.7 Å². The van der Waals surface area contributed by atoms with E-state index in [2.05, 4.69) is 0 Å². The Morgan fingerprint density at radius 3 is 2.36 bits per heavy atom. The van der Waals surface area contributed by atoms with Crippen molar-refractivity contribution in [3.8, 4) is 5.75 Å². The molecule has 6 heteroatoms. The zero-order valence-corrected chi connectivity index (χ0v) is 13.5. The van der Waals surface area contributed by atoms with Gasteiger partial charge in [-0.2, -0.15) is 4.31 Å². The van der Waals surface area contributed by atoms with Gasteiger partial charge in [0.25, 0.3) is 0 Å². The SMILES string of the molecule is COc1ccc(F)cc1CN(C)S(=O)(=O)c1ccc(C)cc1. The number of halogens is 1. The summed E-state index contributed by atoms with van der Waals surface area (Å²) in [5, 5.41) is 0. The normalized spacial score (nSPS) is 11.7. The number of sulfonamides is 1. The van der Waals surface area contributed by atoms with Crippen LogP contribution in [0.15, 0.2) is 47.4 Å². The summed E-state index contributed by atoms with van der Waals surface area (Å²) in [6, 6.07) is 10.6. The third-order valence-corrected chi connectivity index (χ3v) is 5.18. The van der Waals surface area contributed by atoms with Gasteiger partial charge in [0, 0.05) is 19.2 Å². The van der Waals surface area contributed by atoms with Gasteiger partial charge in [-0.25, -0.2) is 12.8 Å². The van der Waals surface area contributed by atoms with Crippen molar-refractivity contribution in [3.63, 3.8) is 0 Å². The highest BCUT2D eigenvalue weighted by Crippen LogP contribution is 2.23. The highest BCUT2D eigenvalue weighted by Gasteiger charge is 2.22. The molecule has 0 N–H and O–H groups in total. The van der Waals surface area contributed by atoms with Crippen LogP contribution in [-0.2, 0) is 16.6 Å². The van der Waals surface area contributed by atoms with E-state index in [9.17, 15) is 12.8 Å². The van der Waals surface area contributed by atoms with Crippen LogP contribution >= 0.6 is 0 Å². The van der Waals surface area contributed by atoms with E-state index in [1.165, 1.54) is 36.7 Å². The van der Waals surface area contributed by atoms with Crippen LogP contribution in [0.4, 0.5) is 4.39 Å². The maximum absolute atomic E-state index is 13.4. The van der Waals surface area contributed by atoms with Gasteiger partial charge in [-0.3, -0.25) is 0 Å². The van der Waals surface area contributed by atoms with Crippen LogP contribution in [0.25, 0.3) is 0 Å². The van der Waals surface area contributed by atoms with Crippen LogP contribution in [0.1, 0.15) is 11.1 Å². The maximum Gasteiger partial charge on any atom is 0.243 e. The first-order chi connectivity index (χ1) is 10.3. The Balaban J connectivity index is 2.30. The highest BCUT2D eigenvalue weighted by atomic mass is 32.2. The Hall–Kier alpha value is -1.92. The van der Waals surface area contributed by atoms with Crippen molar-refractivity contribution < 1.29 is 17.5 Å². The monoisotopic (exact) mass is 323 g/mol. The molecule has 0 aromatic heterocycles. The molecule has 0 spiro atoms. The molecule has 0 unspecified atom stereocenters. The largest absolute Gasteiger partial charge is 0.496 e. The van der Waals surface area contributed by atoms with Crippen molar-refractivity contribution >= 4 is 10.0 Å². The Bertz CT molecular complexity index is 757. The topological polar surface area (TPSA) is 46.6 Å². The minimum atomic E-state index is -3.64. The molecule has 0 aliphatic carbocycles. The van der Waals surface area contributed by atoms with E-state index in [1.54, 1.807) is 24.3 Å². The fraction of sp³-hybridized carbons (Fsp3) is 0.250. The molecule has 0 saturated carbocycles. The van der Waals surface area contributed by atoms with Crippen molar-refractivity contribution in [1.29, 1.82) is 0 Å². The standard InChI is InChI=1S/C16H18FNO3S/c1-12-4-7-15(8-5-12)22(19,20)18(2)11-13-10-14(17)6-9-16(13)21-3/h4-10H,11H2,1-3H3. The van der Waals surface area contributed by atoms with Crippen LogP contribution < -0.4 is 4.74 Å². The highest BCUT2D eigenvalue weighted by molar-refractivity contribution is 7.89. The molecular weight excluding hydrogens is 305 g/mol. The van der Waals surface area contributed by atoms with E-state index in [0.29, 0.717) is 11.3 Å². The van der Waals surface area contributed by atoms with Crippen molar-refractivity contribution in [3.05, 3.63) is 59.4 Å². The third kappa shape index (κ3) is 3.45. The van der Waals surface area contributed by atoms with Crippen molar-refractivity contribution in [2.75, 3.05) is 14.2 Å². The van der Waals surface area contributed by atoms with Crippen LogP contribution in [0.2, 0.25) is 0 Å². The first-order valence-electron chi connectivity index (χ1n) is 6.70. The molecule has 0 saturated heterocycles. The number of ether oxygens (including phenoxy) is 1. The summed E-state index contributed by atoms with van der Waals surface area (Å²) in [5.74, 6) is 0.0179. The zero-order valence-electron chi connectivity index (χ0n) is 12.7. The van der Waals surface area contributed by atoms with Gasteiger partial charge < -0.3 is 4.74 Å². The van der Waals surface area contributed by atoms with Crippen LogP contribution in [0, 0.1) is 12.7 Å². The number of hydrogen-bond acceptors (Lipinski definition) is 3. The molecule has 2 aromatic carbocycles. The van der Waals surface area contributed by atoms with Crippen molar-refractivity contribution in [2.45, 2.75) is 18.4 Å². The van der Waals surface area contributed by atoms with E-state index in [4.69, 9.17) is 4.74 Å². The lowest BCUT2D eigenvalue weighted by Crippen LogP contribution is -2.26. The van der Waals surface area contributed by atoms with Gasteiger partial charge in [0.15, 0.2) is 0 Å². The first kappa shape index (κ1) is 16.5. The third-order valence-electron chi connectivity index (χ3n) is 3.36. The molecular formula is C16H18FNO3S. The van der Waals surface area contributed by atoms with Crippen LogP contribution in [-0.4, -0.2) is 26.9 Å². The Morgan fingerprint density at radius 1 is 1.14 bits per heavy atom. The summed E-state index contributed by atoms with van der Waals surface area (Å²) < 4.78 is 44.7. The molecule has 0 heterocycles. The lowest BCUT2D eigenvalue weighted by Gasteiger charge is -2.19. The van der Waals surface area contributed by atoms with Gasteiger partial charge in [0.05, 0.1) is 12.0 Å². The molecule has 0 fully saturated rings. The van der Waals surface area contributed by atoms with Gasteiger partial charge in [-0.05, 0) is 37.3 Å². The molecule has 0 aliphatic rings. The van der Waals surface area contributed by atoms with E-state index in [-0.39, 0.29) is 11.4 Å². The number of methoxy groups -OCH3 is 1. The second-order valence-electron chi connectivity index (χ2n) is 5.03. The number of benzene rings is 2. The summed E-state index contributed by atoms with van der Waals surface area (Å²) in [4.78, 5) is 0.205. The quantitative estimate of drug-likeness (QED) is 0.850. The summed E-state index contributed by atoms with van der Waals surface area (Å²) in [6.07, 6.45) is 0. The molecule has 0 bridgehead atoms. The van der Waals surface area contributed by atoms with E-state index in [1.807, 2.05) is 6.92 Å². The fourth-order valence-corrected chi connectivity index (χ4v) is 3.23. The first-order valence-corrected chi connectivity index (χ1v) is 8.14. The molecule has 2 aromatic rings. The predicted molar refractivity (Wildman–Crippen MR) is 82.8 cm³/mol. The lowest BCUT2D eigenvalue weighted by molar-refractivity contribution is 0.396. The smallest absolute Gasteiger partial charge is 0.243 e. The molecule has 0 radical (unpaired) electrons. The number of nitrogens with zero attached hydrogens (tertiary/aromatic N) is 1. The van der Waals surface area contributed by atoms with Crippen LogP contribution in [0.5, 0.6) is 5.75 Å². The van der Waals surface area contributed by atoms with Crippen LogP contribution in [0.3, 0.4) is 0 Å². The molecule has 22 heavy (non-hydrogen) atoms. The van der Waals surface area contributed by atoms with Crippen molar-refractivity contribution in [1.82, 2.24) is 4.31 Å². The summed E-state index contributed by atoms with van der Waals surface area (Å²) >= 11 is 0. The minimum Gasteiger partial charge on any atom is -0.496 e. The lowest BCUT2D eigenvalue weighted by atomic mass is 10.2. The van der Waals surface area contributed by atoms with E-state index >= 15 is 0 Å². The van der Waals surface area contributed by atoms with Gasteiger partial charge in [0.1, 0.15) is 11.6 Å². The summed E-state index contributed by atoms with van der Waals surface area (Å²) in [6.45, 7) is 1.91. The second-order valence-corrected chi connectivity index (χ2v) is 7.08. The van der Waals surface area contributed by atoms with Crippen molar-refractivity contribution in [2.24, 2.45) is 0 Å². The van der Waals surface area contributed by atoms with Gasteiger partial charge >= 0.3 is 0 Å². The molecule has 0 amide bonds. The predicted octanol–water partition coefficient (Wildman–Crippen LogP) is 2.96. The van der Waals surface area contributed by atoms with Gasteiger partial charge in [-0.15, -0.1) is 0 Å². The molecule has 118 valence electrons. The average molecular weight is 323 g/mol. The Kier molecular flexibility index (Phi) is 4.83. The molecule has 0 atom stereocenters. The maximum atomic E-state index is 13.4. The summed E-state index contributed by atoms with van der Waals surface area (Å²) in [5.41, 5.74) is 1.45. The second kappa shape index (κ2) is 6.46. The van der Waals surface area contributed by atoms with E-state index < -0.39 is 15.8 Å². The molecule has 0 aliphatic heterocycles. The van der Waals surface area contributed by atoms with Gasteiger partial charge in [0.2, 0.25) is 10.0 Å². The zero-order chi connectivity index (χ0) is 16.3. The Labute approximate surface area is 130 Å². The number of rotatable bonds is 5. The minimum absolute atomic E-state index is 0.0249. The Morgan fingerprint density at radius 2 is 1.77 bits per heavy atom. The molecule has 4 nitrogen and oxygen atoms in total. The number of hydrogen-bond donors (Lipinski definition) is 0. The average Bonchev–Trinajstić information content (AvgIpc) is 2.48. The van der Waals surface area contributed by atoms with E-state index in [0.717, 1.165) is 5.56 Å². The fourth-order valence-electron chi connectivity index (χ4n) is 2.09. The molecule has 2 rings (SSSR count). The number of aryl methyl sites for hydroxylation is 1. The summed E-state index contributed by atoms with van der Waals surface area (Å²) in [7, 11) is -0.715.